The minimum atomic E-state index is 0.508. The highest BCUT2D eigenvalue weighted by Crippen LogP contribution is 2.39. The Morgan fingerprint density at radius 1 is 1.22 bits per heavy atom. The molecular weight excluding hydrogens is 388 g/mol. The first-order chi connectivity index (χ1) is 13.2. The third-order valence-electron chi connectivity index (χ3n) is 4.03. The molecule has 1 aliphatic rings. The summed E-state index contributed by atoms with van der Waals surface area (Å²) in [6.45, 7) is 3.04. The van der Waals surface area contributed by atoms with Crippen molar-refractivity contribution >= 4 is 23.4 Å². The highest BCUT2D eigenvalue weighted by Gasteiger charge is 2.18. The third-order valence-corrected chi connectivity index (χ3v) is 5.30. The highest BCUT2D eigenvalue weighted by molar-refractivity contribution is 7.98. The van der Waals surface area contributed by atoms with E-state index in [1.165, 1.54) is 11.8 Å². The quantitative estimate of drug-likeness (QED) is 0.600. The molecule has 1 aromatic heterocycles. The van der Waals surface area contributed by atoms with Gasteiger partial charge in [-0.05, 0) is 52.7 Å². The molecule has 0 amide bonds. The first kappa shape index (κ1) is 17.9. The van der Waals surface area contributed by atoms with E-state index < -0.39 is 0 Å². The molecule has 0 radical (unpaired) electrons. The summed E-state index contributed by atoms with van der Waals surface area (Å²) in [4.78, 5) is 0. The van der Waals surface area contributed by atoms with Crippen molar-refractivity contribution in [1.82, 2.24) is 20.2 Å². The lowest BCUT2D eigenvalue weighted by molar-refractivity contribution is 0.171. The maximum Gasteiger partial charge on any atom is 0.214 e. The number of aryl methyl sites for hydroxylation is 1. The molecule has 0 saturated carbocycles. The molecule has 0 fully saturated rings. The van der Waals surface area contributed by atoms with Crippen LogP contribution in [0.15, 0.2) is 35.5 Å². The second-order valence-electron chi connectivity index (χ2n) is 5.94. The zero-order valence-corrected chi connectivity index (χ0v) is 16.4. The third kappa shape index (κ3) is 3.68. The van der Waals surface area contributed by atoms with Gasteiger partial charge in [0, 0.05) is 5.75 Å². The summed E-state index contributed by atoms with van der Waals surface area (Å²) in [6, 6.07) is 9.69. The van der Waals surface area contributed by atoms with Gasteiger partial charge < -0.3 is 14.2 Å². The molecule has 140 valence electrons. The zero-order valence-electron chi connectivity index (χ0n) is 14.8. The molecule has 0 aliphatic carbocycles. The lowest BCUT2D eigenvalue weighted by atomic mass is 10.2. The zero-order chi connectivity index (χ0) is 18.8. The van der Waals surface area contributed by atoms with Gasteiger partial charge in [-0.25, -0.2) is 0 Å². The van der Waals surface area contributed by atoms with Crippen LogP contribution in [-0.4, -0.2) is 40.5 Å². The number of tetrazole rings is 1. The number of thioether (sulfide) groups is 1. The number of nitrogens with zero attached hydrogens (tertiary/aromatic N) is 4. The summed E-state index contributed by atoms with van der Waals surface area (Å²) in [7, 11) is 1.63. The van der Waals surface area contributed by atoms with E-state index >= 15 is 0 Å². The number of ether oxygens (including phenoxy) is 3. The number of fused-ring (bicyclic) bond motifs is 1. The van der Waals surface area contributed by atoms with Crippen LogP contribution in [0.1, 0.15) is 11.1 Å². The highest BCUT2D eigenvalue weighted by atomic mass is 35.5. The molecule has 0 bridgehead atoms. The van der Waals surface area contributed by atoms with E-state index in [0.29, 0.717) is 46.4 Å². The van der Waals surface area contributed by atoms with Crippen LogP contribution < -0.4 is 14.2 Å². The van der Waals surface area contributed by atoms with Crippen LogP contribution >= 0.6 is 23.4 Å². The Morgan fingerprint density at radius 2 is 2.07 bits per heavy atom. The fraction of sp³-hybridized carbons (Fsp3) is 0.278. The summed E-state index contributed by atoms with van der Waals surface area (Å²) in [5.41, 5.74) is 2.89. The van der Waals surface area contributed by atoms with E-state index in [9.17, 15) is 0 Å². The Labute approximate surface area is 165 Å². The molecule has 9 heteroatoms. The standard InChI is InChI=1S/C18H17ClN4O3S/c1-11-3-4-15(24-2)14(7-11)23-18(20-21-22-23)27-10-12-8-13(19)17-16(9-12)25-5-6-26-17/h3-4,7-9H,5-6,10H2,1-2H3. The number of halogens is 1. The van der Waals surface area contributed by atoms with E-state index in [-0.39, 0.29) is 0 Å². The summed E-state index contributed by atoms with van der Waals surface area (Å²) in [5, 5.41) is 13.3. The molecule has 7 nitrogen and oxygen atoms in total. The van der Waals surface area contributed by atoms with Gasteiger partial charge in [0.25, 0.3) is 0 Å². The van der Waals surface area contributed by atoms with E-state index in [2.05, 4.69) is 15.5 Å². The Balaban J connectivity index is 1.58. The van der Waals surface area contributed by atoms with E-state index in [1.807, 2.05) is 37.3 Å². The Bertz CT molecular complexity index is 979. The SMILES string of the molecule is COc1ccc(C)cc1-n1nnnc1SCc1cc(Cl)c2c(c1)OCCO2. The lowest BCUT2D eigenvalue weighted by Crippen LogP contribution is -2.15. The fourth-order valence-corrected chi connectivity index (χ4v) is 3.88. The number of rotatable bonds is 5. The van der Waals surface area contributed by atoms with Crippen LogP contribution in [0.3, 0.4) is 0 Å². The van der Waals surface area contributed by atoms with Crippen molar-refractivity contribution in [2.24, 2.45) is 0 Å². The fourth-order valence-electron chi connectivity index (χ4n) is 2.78. The van der Waals surface area contributed by atoms with Crippen LogP contribution in [0.5, 0.6) is 17.2 Å². The first-order valence-electron chi connectivity index (χ1n) is 8.30. The van der Waals surface area contributed by atoms with Crippen LogP contribution in [0.4, 0.5) is 0 Å². The van der Waals surface area contributed by atoms with Gasteiger partial charge in [0.1, 0.15) is 24.7 Å². The Hall–Kier alpha value is -2.45. The van der Waals surface area contributed by atoms with Gasteiger partial charge >= 0.3 is 0 Å². The topological polar surface area (TPSA) is 71.3 Å². The summed E-state index contributed by atoms with van der Waals surface area (Å²) >= 11 is 7.82. The minimum absolute atomic E-state index is 0.508. The van der Waals surface area contributed by atoms with Crippen LogP contribution in [0.25, 0.3) is 5.69 Å². The smallest absolute Gasteiger partial charge is 0.214 e. The van der Waals surface area contributed by atoms with Crippen molar-refractivity contribution < 1.29 is 14.2 Å². The molecule has 2 heterocycles. The Morgan fingerprint density at radius 3 is 2.93 bits per heavy atom. The van der Waals surface area contributed by atoms with Gasteiger partial charge in [-0.2, -0.15) is 4.68 Å². The molecule has 1 aliphatic heterocycles. The second-order valence-corrected chi connectivity index (χ2v) is 7.29. The van der Waals surface area contributed by atoms with Crippen molar-refractivity contribution in [2.75, 3.05) is 20.3 Å². The molecule has 0 spiro atoms. The van der Waals surface area contributed by atoms with Gasteiger partial charge in [-0.3, -0.25) is 0 Å². The molecule has 0 atom stereocenters. The van der Waals surface area contributed by atoms with E-state index in [1.54, 1.807) is 11.8 Å². The summed E-state index contributed by atoms with van der Waals surface area (Å²) < 4.78 is 18.3. The second kappa shape index (κ2) is 7.66. The van der Waals surface area contributed by atoms with Crippen LogP contribution in [0, 0.1) is 6.92 Å². The van der Waals surface area contributed by atoms with Crippen molar-refractivity contribution in [3.63, 3.8) is 0 Å². The molecule has 27 heavy (non-hydrogen) atoms. The van der Waals surface area contributed by atoms with E-state index in [4.69, 9.17) is 25.8 Å². The van der Waals surface area contributed by atoms with Crippen molar-refractivity contribution in [3.05, 3.63) is 46.5 Å². The minimum Gasteiger partial charge on any atom is -0.494 e. The molecule has 3 aromatic rings. The number of benzene rings is 2. The Kier molecular flexibility index (Phi) is 5.09. The summed E-state index contributed by atoms with van der Waals surface area (Å²) in [6.07, 6.45) is 0. The monoisotopic (exact) mass is 404 g/mol. The van der Waals surface area contributed by atoms with Gasteiger partial charge in [-0.1, -0.05) is 29.4 Å². The normalized spacial score (nSPS) is 12.9. The largest absolute Gasteiger partial charge is 0.494 e. The number of methoxy groups -OCH3 is 1. The molecular formula is C18H17ClN4O3S. The van der Waals surface area contributed by atoms with E-state index in [0.717, 1.165) is 16.8 Å². The number of hydrogen-bond donors (Lipinski definition) is 0. The van der Waals surface area contributed by atoms with Crippen molar-refractivity contribution in [2.45, 2.75) is 17.8 Å². The molecule has 2 aromatic carbocycles. The van der Waals surface area contributed by atoms with Gasteiger partial charge in [0.2, 0.25) is 5.16 Å². The number of aromatic nitrogens is 4. The van der Waals surface area contributed by atoms with Gasteiger partial charge in [-0.15, -0.1) is 5.10 Å². The average molecular weight is 405 g/mol. The average Bonchev–Trinajstić information content (AvgIpc) is 3.15. The van der Waals surface area contributed by atoms with Crippen LogP contribution in [-0.2, 0) is 5.75 Å². The lowest BCUT2D eigenvalue weighted by Gasteiger charge is -2.20. The maximum atomic E-state index is 6.32. The predicted octanol–water partition coefficient (Wildman–Crippen LogP) is 3.70. The predicted molar refractivity (Wildman–Crippen MR) is 102 cm³/mol. The molecule has 0 saturated heterocycles. The first-order valence-corrected chi connectivity index (χ1v) is 9.66. The van der Waals surface area contributed by atoms with Crippen molar-refractivity contribution in [3.8, 4) is 22.9 Å². The summed E-state index contributed by atoms with van der Waals surface area (Å²) in [5.74, 6) is 2.61. The molecule has 0 unspecified atom stereocenters. The van der Waals surface area contributed by atoms with Gasteiger partial charge in [0.05, 0.1) is 12.1 Å². The van der Waals surface area contributed by atoms with Crippen LogP contribution in [0.2, 0.25) is 5.02 Å². The van der Waals surface area contributed by atoms with Crippen molar-refractivity contribution in [1.29, 1.82) is 0 Å². The molecule has 0 N–H and O–H groups in total. The maximum absolute atomic E-state index is 6.32. The number of hydrogen-bond acceptors (Lipinski definition) is 7. The van der Waals surface area contributed by atoms with Gasteiger partial charge in [0.15, 0.2) is 11.5 Å². The molecule has 4 rings (SSSR count).